The lowest BCUT2D eigenvalue weighted by molar-refractivity contribution is -0.131. The quantitative estimate of drug-likeness (QED) is 0.0720. The summed E-state index contributed by atoms with van der Waals surface area (Å²) in [6.07, 6.45) is 1.14. The molecule has 74 heavy (non-hydrogen) atoms. The molecule has 4 heterocycles. The number of unbranched alkanes of at least 4 members (excludes halogenated alkanes) is 1. The predicted molar refractivity (Wildman–Crippen MR) is 293 cm³/mol. The monoisotopic (exact) mass is 1170 g/mol. The molecule has 8 rings (SSSR count). The molecule has 396 valence electrons. The Labute approximate surface area is 452 Å². The van der Waals surface area contributed by atoms with Gasteiger partial charge < -0.3 is 40.1 Å². The summed E-state index contributed by atoms with van der Waals surface area (Å²) in [6, 6.07) is 24.0. The van der Waals surface area contributed by atoms with Crippen molar-refractivity contribution >= 4 is 107 Å². The van der Waals surface area contributed by atoms with Crippen LogP contribution in [0.25, 0.3) is 0 Å². The highest BCUT2D eigenvalue weighted by molar-refractivity contribution is 9.10. The van der Waals surface area contributed by atoms with Crippen molar-refractivity contribution in [3.63, 3.8) is 0 Å². The van der Waals surface area contributed by atoms with Crippen molar-refractivity contribution in [1.29, 1.82) is 0 Å². The Morgan fingerprint density at radius 1 is 0.649 bits per heavy atom. The number of ketones is 2. The molecule has 4 amide bonds. The van der Waals surface area contributed by atoms with Gasteiger partial charge in [0.1, 0.15) is 23.8 Å². The maximum absolute atomic E-state index is 15.0. The van der Waals surface area contributed by atoms with Gasteiger partial charge in [-0.05, 0) is 74.0 Å². The number of anilines is 4. The Morgan fingerprint density at radius 3 is 1.55 bits per heavy atom. The molecule has 0 spiro atoms. The molecule has 4 fully saturated rings. The summed E-state index contributed by atoms with van der Waals surface area (Å²) in [6.45, 7) is 11.5. The number of nitrogens with zero attached hydrogens (tertiary/aromatic N) is 5. The lowest BCUT2D eigenvalue weighted by atomic mass is 10.1. The van der Waals surface area contributed by atoms with Gasteiger partial charge in [-0.2, -0.15) is 0 Å². The second-order valence-corrected chi connectivity index (χ2v) is 20.4. The van der Waals surface area contributed by atoms with Gasteiger partial charge in [0.05, 0.1) is 53.9 Å². The minimum Gasteiger partial charge on any atom is -0.442 e. The van der Waals surface area contributed by atoms with Crippen LogP contribution in [-0.2, 0) is 19.1 Å². The van der Waals surface area contributed by atoms with Gasteiger partial charge in [-0.3, -0.25) is 29.0 Å². The molecule has 4 aromatic carbocycles. The molecule has 4 aliphatic rings. The third-order valence-electron chi connectivity index (χ3n) is 12.5. The van der Waals surface area contributed by atoms with Crippen molar-refractivity contribution < 1.29 is 47.0 Å². The number of halogens is 4. The first-order valence-electron chi connectivity index (χ1n) is 24.6. The van der Waals surface area contributed by atoms with Crippen LogP contribution in [0, 0.1) is 11.6 Å². The summed E-state index contributed by atoms with van der Waals surface area (Å²) >= 11 is 11.6. The number of carbonyl (C=O) groups excluding carboxylic acids is 6. The number of ether oxygens (including phenoxy) is 2. The minimum atomic E-state index is -0.590. The molecular formula is C53H62Br2F2N8O8S. The van der Waals surface area contributed by atoms with E-state index < -0.39 is 24.1 Å². The zero-order chi connectivity index (χ0) is 53.3. The minimum absolute atomic E-state index is 0.0787. The van der Waals surface area contributed by atoms with Crippen molar-refractivity contribution in [2.24, 2.45) is 0 Å². The Balaban J connectivity index is 0.000000205. The van der Waals surface area contributed by atoms with Gasteiger partial charge in [-0.1, -0.05) is 81.7 Å². The largest absolute Gasteiger partial charge is 0.442 e. The number of carbonyl (C=O) groups is 6. The van der Waals surface area contributed by atoms with Crippen LogP contribution in [0.3, 0.4) is 0 Å². The summed E-state index contributed by atoms with van der Waals surface area (Å²) in [5, 5.41) is 8.83. The Morgan fingerprint density at radius 2 is 1.11 bits per heavy atom. The van der Waals surface area contributed by atoms with Gasteiger partial charge in [-0.15, -0.1) is 0 Å². The number of amides is 4. The smallest absolute Gasteiger partial charge is 0.414 e. The molecule has 0 radical (unpaired) electrons. The number of thiocarbonyl (C=S) groups is 1. The Kier molecular flexibility index (Phi) is 21.7. The maximum atomic E-state index is 15.0. The van der Waals surface area contributed by atoms with E-state index in [0.29, 0.717) is 79.0 Å². The number of cyclic esters (lactones) is 2. The van der Waals surface area contributed by atoms with E-state index in [1.54, 1.807) is 60.4 Å². The van der Waals surface area contributed by atoms with Crippen molar-refractivity contribution in [2.75, 3.05) is 98.1 Å². The highest BCUT2D eigenvalue weighted by atomic mass is 79.9. The van der Waals surface area contributed by atoms with Crippen molar-refractivity contribution in [1.82, 2.24) is 20.9 Å². The second kappa shape index (κ2) is 28.0. The third kappa shape index (κ3) is 16.7. The number of benzene rings is 4. The van der Waals surface area contributed by atoms with E-state index in [1.807, 2.05) is 34.1 Å². The van der Waals surface area contributed by atoms with Crippen LogP contribution in [0.15, 0.2) is 93.9 Å². The van der Waals surface area contributed by atoms with E-state index >= 15 is 4.39 Å². The number of rotatable bonds is 16. The van der Waals surface area contributed by atoms with E-state index in [9.17, 15) is 33.2 Å². The molecule has 0 aromatic heterocycles. The standard InChI is InChI=1S/C26H28BrFN4O5.C16H21FN4O2S.C11H13BrO/c1-17(33)29-15-21-16-32(26(36)37-21)20-6-7-23(22(28)14-20)30-10-12-31(13-11-30)25(35)9-8-24(34)18-2-4-19(27)5-3-18;1-11(24)19-9-13-10-21(16(22)23-13)12-2-3-15(14(17)8-12)20-6-4-18-5-7-20;1-2-3-4-11(13)9-5-7-10(12)8-6-9/h2-7,14,21H,8-13,15-16H2,1H3,(H,29,33);2-3,8,13,18H,4-7,9-10H2,1H3,(H,19,24);5-8H,2-4H2,1H3/t21-;13-;/m00./s1. The topological polar surface area (TPSA) is 173 Å². The number of hydrogen-bond donors (Lipinski definition) is 3. The zero-order valence-electron chi connectivity index (χ0n) is 41.7. The fourth-order valence-corrected chi connectivity index (χ4v) is 9.02. The van der Waals surface area contributed by atoms with Gasteiger partial charge in [0.2, 0.25) is 11.8 Å². The fourth-order valence-electron chi connectivity index (χ4n) is 8.41. The molecule has 21 heteroatoms. The first-order valence-corrected chi connectivity index (χ1v) is 26.6. The number of hydrogen-bond acceptors (Lipinski definition) is 12. The zero-order valence-corrected chi connectivity index (χ0v) is 45.7. The molecule has 4 saturated heterocycles. The van der Waals surface area contributed by atoms with Crippen molar-refractivity contribution in [2.45, 2.75) is 65.1 Å². The molecule has 4 aromatic rings. The Hall–Kier alpha value is -6.03. The van der Waals surface area contributed by atoms with E-state index in [2.05, 4.69) is 54.7 Å². The molecule has 0 bridgehead atoms. The fraction of sp³-hybridized carbons (Fsp3) is 0.415. The van der Waals surface area contributed by atoms with E-state index in [0.717, 1.165) is 53.5 Å². The molecule has 3 N–H and O–H groups in total. The molecule has 0 unspecified atom stereocenters. The average Bonchev–Trinajstić information content (AvgIpc) is 3.97. The summed E-state index contributed by atoms with van der Waals surface area (Å²) in [4.78, 5) is 80.8. The number of Topliss-reactive ketones (excluding diaryl/α,β-unsaturated/α-hetero) is 2. The SMILES string of the molecule is CC(=O)NC[C@H]1CN(c2ccc(N3CCN(C(=O)CCC(=O)c4ccc(Br)cc4)CC3)c(F)c2)C(=O)O1.CC(=S)NC[C@H]1CN(c2ccc(N3CCNCC3)c(F)c2)C(=O)O1.CCCCC(=O)c1ccc(Br)cc1. The number of piperazine rings is 2. The summed E-state index contributed by atoms with van der Waals surface area (Å²) in [7, 11) is 0. The van der Waals surface area contributed by atoms with Gasteiger partial charge in [0, 0.05) is 98.6 Å². The highest BCUT2D eigenvalue weighted by Gasteiger charge is 2.34. The van der Waals surface area contributed by atoms with Gasteiger partial charge in [0.15, 0.2) is 11.6 Å². The molecular weight excluding hydrogens is 1110 g/mol. The van der Waals surface area contributed by atoms with Crippen LogP contribution >= 0.6 is 44.1 Å². The van der Waals surface area contributed by atoms with Crippen molar-refractivity contribution in [3.8, 4) is 0 Å². The highest BCUT2D eigenvalue weighted by Crippen LogP contribution is 2.30. The van der Waals surface area contributed by atoms with Crippen LogP contribution < -0.4 is 35.6 Å². The molecule has 4 aliphatic heterocycles. The van der Waals surface area contributed by atoms with Crippen LogP contribution in [0.2, 0.25) is 0 Å². The van der Waals surface area contributed by atoms with Crippen LogP contribution in [0.4, 0.5) is 41.1 Å². The van der Waals surface area contributed by atoms with Gasteiger partial charge in [-0.25, -0.2) is 18.4 Å². The first-order chi connectivity index (χ1) is 35.5. The van der Waals surface area contributed by atoms with E-state index in [-0.39, 0.29) is 61.2 Å². The van der Waals surface area contributed by atoms with Crippen molar-refractivity contribution in [3.05, 3.63) is 117 Å². The molecule has 16 nitrogen and oxygen atoms in total. The number of nitrogens with one attached hydrogen (secondary N) is 3. The summed E-state index contributed by atoms with van der Waals surface area (Å²) < 4.78 is 41.9. The van der Waals surface area contributed by atoms with Crippen LogP contribution in [-0.4, -0.2) is 136 Å². The summed E-state index contributed by atoms with van der Waals surface area (Å²) in [5.41, 5.74) is 3.24. The van der Waals surface area contributed by atoms with Crippen LogP contribution in [0.5, 0.6) is 0 Å². The molecule has 2 atom stereocenters. The third-order valence-corrected chi connectivity index (χ3v) is 13.7. The van der Waals surface area contributed by atoms with Crippen LogP contribution in [0.1, 0.15) is 73.6 Å². The average molecular weight is 1170 g/mol. The van der Waals surface area contributed by atoms with Gasteiger partial charge in [0.25, 0.3) is 0 Å². The molecule has 0 aliphatic carbocycles. The lowest BCUT2D eigenvalue weighted by Crippen LogP contribution is -2.49. The Bertz CT molecular complexity index is 2620. The maximum Gasteiger partial charge on any atom is 0.414 e. The van der Waals surface area contributed by atoms with E-state index in [4.69, 9.17) is 21.7 Å². The summed E-state index contributed by atoms with van der Waals surface area (Å²) in [5.74, 6) is -0.948. The second-order valence-electron chi connectivity index (χ2n) is 17.9. The predicted octanol–water partition coefficient (Wildman–Crippen LogP) is 8.68. The van der Waals surface area contributed by atoms with Gasteiger partial charge >= 0.3 is 12.2 Å². The molecule has 0 saturated carbocycles. The lowest BCUT2D eigenvalue weighted by Gasteiger charge is -2.36. The first kappa shape index (κ1) is 57.3. The normalized spacial score (nSPS) is 17.3. The van der Waals surface area contributed by atoms with E-state index in [1.165, 1.54) is 28.9 Å².